The Morgan fingerprint density at radius 3 is 2.77 bits per heavy atom. The van der Waals surface area contributed by atoms with Crippen LogP contribution >= 0.6 is 0 Å². The van der Waals surface area contributed by atoms with Crippen molar-refractivity contribution in [1.82, 2.24) is 14.6 Å². The van der Waals surface area contributed by atoms with E-state index in [0.717, 1.165) is 5.56 Å². The van der Waals surface area contributed by atoms with Crippen LogP contribution in [-0.4, -0.2) is 55.9 Å². The fourth-order valence-corrected chi connectivity index (χ4v) is 3.78. The van der Waals surface area contributed by atoms with Crippen molar-refractivity contribution in [2.45, 2.75) is 43.9 Å². The standard InChI is InChI=1S/C21H24N4O6/c1-12(13-6-4-3-5-7-13)30-20(28)29-10-15-17(26)18(27)21(2,31-15)16-9-8-14-19(22)23-11-24-25(14)16/h3-9,11-12,15,17-18,26-27H,10H2,1-2H3,(H2,22,23,24)/t12-,15+,17+,18+,21-/m0/s1. The molecule has 0 radical (unpaired) electrons. The van der Waals surface area contributed by atoms with Crippen LogP contribution in [0, 0.1) is 0 Å². The molecule has 1 aromatic carbocycles. The zero-order chi connectivity index (χ0) is 22.2. The van der Waals surface area contributed by atoms with Gasteiger partial charge in [0, 0.05) is 0 Å². The lowest BCUT2D eigenvalue weighted by Gasteiger charge is -2.27. The molecule has 164 valence electrons. The molecular formula is C21H24N4O6. The molecular weight excluding hydrogens is 404 g/mol. The van der Waals surface area contributed by atoms with E-state index < -0.39 is 36.2 Å². The number of anilines is 1. The molecule has 0 saturated carbocycles. The highest BCUT2D eigenvalue weighted by atomic mass is 16.7. The average molecular weight is 428 g/mol. The van der Waals surface area contributed by atoms with E-state index in [0.29, 0.717) is 11.2 Å². The third kappa shape index (κ3) is 3.80. The van der Waals surface area contributed by atoms with Gasteiger partial charge in [-0.15, -0.1) is 0 Å². The maximum atomic E-state index is 12.1. The number of nitrogen functional groups attached to an aromatic ring is 1. The highest BCUT2D eigenvalue weighted by Gasteiger charge is 2.54. The first kappa shape index (κ1) is 21.0. The second-order valence-corrected chi connectivity index (χ2v) is 7.59. The number of aliphatic hydroxyl groups is 2. The molecule has 0 unspecified atom stereocenters. The van der Waals surface area contributed by atoms with Gasteiger partial charge in [0.25, 0.3) is 0 Å². The molecule has 1 aliphatic rings. The third-order valence-corrected chi connectivity index (χ3v) is 5.56. The summed E-state index contributed by atoms with van der Waals surface area (Å²) in [7, 11) is 0. The summed E-state index contributed by atoms with van der Waals surface area (Å²) < 4.78 is 17.9. The van der Waals surface area contributed by atoms with E-state index in [2.05, 4.69) is 10.1 Å². The van der Waals surface area contributed by atoms with Crippen molar-refractivity contribution in [1.29, 1.82) is 0 Å². The topological polar surface area (TPSA) is 141 Å². The quantitative estimate of drug-likeness (QED) is 0.516. The SMILES string of the molecule is C[C@H](OC(=O)OC[C@H]1O[C@@](C)(c2ccc3c(N)ncnn23)[C@H](O)[C@@H]1O)c1ccccc1. The lowest BCUT2D eigenvalue weighted by Crippen LogP contribution is -2.39. The Labute approximate surface area is 178 Å². The second-order valence-electron chi connectivity index (χ2n) is 7.59. The van der Waals surface area contributed by atoms with Crippen LogP contribution in [0.4, 0.5) is 10.6 Å². The maximum absolute atomic E-state index is 12.1. The molecule has 0 aliphatic carbocycles. The summed E-state index contributed by atoms with van der Waals surface area (Å²) >= 11 is 0. The lowest BCUT2D eigenvalue weighted by molar-refractivity contribution is -0.0951. The van der Waals surface area contributed by atoms with Crippen LogP contribution in [0.3, 0.4) is 0 Å². The largest absolute Gasteiger partial charge is 0.508 e. The summed E-state index contributed by atoms with van der Waals surface area (Å²) in [5.74, 6) is 0.271. The summed E-state index contributed by atoms with van der Waals surface area (Å²) in [5, 5.41) is 25.4. The number of carbonyl (C=O) groups excluding carboxylic acids is 1. The summed E-state index contributed by atoms with van der Waals surface area (Å²) in [6.07, 6.45) is -3.68. The molecule has 0 bridgehead atoms. The van der Waals surface area contributed by atoms with Gasteiger partial charge in [0.15, 0.2) is 5.82 Å². The predicted molar refractivity (Wildman–Crippen MR) is 109 cm³/mol. The second kappa shape index (κ2) is 8.14. The van der Waals surface area contributed by atoms with Gasteiger partial charge in [-0.05, 0) is 31.5 Å². The van der Waals surface area contributed by atoms with Crippen molar-refractivity contribution in [3.63, 3.8) is 0 Å². The minimum atomic E-state index is -1.32. The Balaban J connectivity index is 1.44. The number of ether oxygens (including phenoxy) is 3. The van der Waals surface area contributed by atoms with E-state index in [1.54, 1.807) is 26.0 Å². The van der Waals surface area contributed by atoms with Gasteiger partial charge in [-0.2, -0.15) is 5.10 Å². The molecule has 0 spiro atoms. The number of nitrogens with zero attached hydrogens (tertiary/aromatic N) is 3. The fourth-order valence-electron chi connectivity index (χ4n) is 3.78. The Morgan fingerprint density at radius 1 is 1.29 bits per heavy atom. The molecule has 1 fully saturated rings. The van der Waals surface area contributed by atoms with Crippen LogP contribution in [0.2, 0.25) is 0 Å². The van der Waals surface area contributed by atoms with Crippen LogP contribution in [0.25, 0.3) is 5.52 Å². The maximum Gasteiger partial charge on any atom is 0.508 e. The van der Waals surface area contributed by atoms with Gasteiger partial charge in [-0.1, -0.05) is 30.3 Å². The summed E-state index contributed by atoms with van der Waals surface area (Å²) in [6, 6.07) is 12.6. The number of hydrogen-bond donors (Lipinski definition) is 3. The normalized spacial score (nSPS) is 26.6. The minimum absolute atomic E-state index is 0.271. The number of nitrogens with two attached hydrogens (primary N) is 1. The predicted octanol–water partition coefficient (Wildman–Crippen LogP) is 1.56. The van der Waals surface area contributed by atoms with Gasteiger partial charge in [0.1, 0.15) is 48.5 Å². The smallest absolute Gasteiger partial charge is 0.431 e. The molecule has 10 heteroatoms. The molecule has 10 nitrogen and oxygen atoms in total. The summed E-state index contributed by atoms with van der Waals surface area (Å²) in [6.45, 7) is 3.05. The van der Waals surface area contributed by atoms with Gasteiger partial charge >= 0.3 is 6.16 Å². The van der Waals surface area contributed by atoms with Crippen LogP contribution in [0.1, 0.15) is 31.2 Å². The van der Waals surface area contributed by atoms with Crippen molar-refractivity contribution in [3.8, 4) is 0 Å². The number of carbonyl (C=O) groups is 1. The first-order valence-electron chi connectivity index (χ1n) is 9.82. The first-order valence-corrected chi connectivity index (χ1v) is 9.82. The van der Waals surface area contributed by atoms with Crippen LogP contribution < -0.4 is 5.73 Å². The molecule has 1 aliphatic heterocycles. The van der Waals surface area contributed by atoms with Gasteiger partial charge < -0.3 is 30.2 Å². The van der Waals surface area contributed by atoms with Gasteiger partial charge in [-0.25, -0.2) is 14.3 Å². The van der Waals surface area contributed by atoms with Crippen molar-refractivity contribution >= 4 is 17.5 Å². The Morgan fingerprint density at radius 2 is 2.03 bits per heavy atom. The number of hydrogen-bond acceptors (Lipinski definition) is 9. The van der Waals surface area contributed by atoms with Crippen molar-refractivity contribution in [2.24, 2.45) is 0 Å². The zero-order valence-electron chi connectivity index (χ0n) is 17.1. The molecule has 4 rings (SSSR count). The number of benzene rings is 1. The fraction of sp³-hybridized carbons (Fsp3) is 0.381. The van der Waals surface area contributed by atoms with E-state index >= 15 is 0 Å². The van der Waals surface area contributed by atoms with E-state index in [9.17, 15) is 15.0 Å². The molecule has 1 saturated heterocycles. The van der Waals surface area contributed by atoms with E-state index in [4.69, 9.17) is 19.9 Å². The van der Waals surface area contributed by atoms with Crippen molar-refractivity contribution in [2.75, 3.05) is 12.3 Å². The average Bonchev–Trinajstić information content (AvgIpc) is 3.30. The Bertz CT molecular complexity index is 1070. The molecule has 5 atom stereocenters. The zero-order valence-corrected chi connectivity index (χ0v) is 17.1. The molecule has 3 heterocycles. The number of aromatic nitrogens is 3. The summed E-state index contributed by atoms with van der Waals surface area (Å²) in [4.78, 5) is 16.0. The van der Waals surface area contributed by atoms with Crippen molar-refractivity contribution in [3.05, 3.63) is 60.0 Å². The minimum Gasteiger partial charge on any atom is -0.431 e. The van der Waals surface area contributed by atoms with Gasteiger partial charge in [-0.3, -0.25) is 0 Å². The van der Waals surface area contributed by atoms with Crippen LogP contribution in [0.5, 0.6) is 0 Å². The van der Waals surface area contributed by atoms with E-state index in [1.165, 1.54) is 10.8 Å². The Kier molecular flexibility index (Phi) is 5.52. The third-order valence-electron chi connectivity index (χ3n) is 5.56. The number of fused-ring (bicyclic) bond motifs is 1. The van der Waals surface area contributed by atoms with E-state index in [1.807, 2.05) is 30.3 Å². The van der Waals surface area contributed by atoms with Crippen LogP contribution in [-0.2, 0) is 19.8 Å². The van der Waals surface area contributed by atoms with Crippen molar-refractivity contribution < 1.29 is 29.2 Å². The molecule has 2 aromatic heterocycles. The first-order chi connectivity index (χ1) is 14.8. The lowest BCUT2D eigenvalue weighted by atomic mass is 9.93. The van der Waals surface area contributed by atoms with Crippen LogP contribution in [0.15, 0.2) is 48.8 Å². The highest BCUT2D eigenvalue weighted by Crippen LogP contribution is 2.40. The monoisotopic (exact) mass is 428 g/mol. The molecule has 3 aromatic rings. The molecule has 31 heavy (non-hydrogen) atoms. The number of rotatable bonds is 5. The molecule has 4 N–H and O–H groups in total. The Hall–Kier alpha value is -3.21. The number of aliphatic hydroxyl groups excluding tert-OH is 2. The summed E-state index contributed by atoms with van der Waals surface area (Å²) in [5.41, 5.74) is 6.39. The van der Waals surface area contributed by atoms with Gasteiger partial charge in [0.2, 0.25) is 0 Å². The molecule has 0 amide bonds. The highest BCUT2D eigenvalue weighted by molar-refractivity contribution is 5.65. The van der Waals surface area contributed by atoms with Gasteiger partial charge in [0.05, 0.1) is 5.69 Å². The van der Waals surface area contributed by atoms with E-state index in [-0.39, 0.29) is 12.4 Å².